The Morgan fingerprint density at radius 2 is 1.71 bits per heavy atom. The lowest BCUT2D eigenvalue weighted by atomic mass is 10.1. The summed E-state index contributed by atoms with van der Waals surface area (Å²) in [5.74, 6) is 1.05. The first kappa shape index (κ1) is 21.7. The summed E-state index contributed by atoms with van der Waals surface area (Å²) in [6.45, 7) is 4.78. The average Bonchev–Trinajstić information content (AvgIpc) is 3.48. The van der Waals surface area contributed by atoms with Gasteiger partial charge in [-0.1, -0.05) is 12.1 Å². The van der Waals surface area contributed by atoms with Gasteiger partial charge >= 0.3 is 0 Å². The van der Waals surface area contributed by atoms with Gasteiger partial charge in [0.1, 0.15) is 23.0 Å². The van der Waals surface area contributed by atoms with Crippen molar-refractivity contribution in [3.8, 4) is 11.3 Å². The van der Waals surface area contributed by atoms with E-state index in [9.17, 15) is 0 Å². The first-order valence-electron chi connectivity index (χ1n) is 11.5. The largest absolute Gasteiger partial charge is 0.481 e. The predicted octanol–water partition coefficient (Wildman–Crippen LogP) is 3.05. The van der Waals surface area contributed by atoms with Crippen LogP contribution in [0.1, 0.15) is 31.0 Å². The van der Waals surface area contributed by atoms with Crippen LogP contribution in [0.15, 0.2) is 58.8 Å². The van der Waals surface area contributed by atoms with Gasteiger partial charge in [-0.15, -0.1) is 0 Å². The number of pyridine rings is 1. The molecular formula is C25H27N7O2. The number of aliphatic imine (C=N–C) groups is 2. The van der Waals surface area contributed by atoms with Gasteiger partial charge < -0.3 is 25.1 Å². The molecule has 6 rings (SSSR count). The van der Waals surface area contributed by atoms with E-state index in [-0.39, 0.29) is 0 Å². The number of hydrogen-bond acceptors (Lipinski definition) is 6. The van der Waals surface area contributed by atoms with Crippen molar-refractivity contribution in [2.24, 2.45) is 9.98 Å². The fourth-order valence-corrected chi connectivity index (χ4v) is 4.12. The van der Waals surface area contributed by atoms with Crippen molar-refractivity contribution in [1.29, 1.82) is 0 Å². The molecule has 0 amide bonds. The molecule has 0 spiro atoms. The van der Waals surface area contributed by atoms with Gasteiger partial charge in [0.25, 0.3) is 5.97 Å². The van der Waals surface area contributed by atoms with Crippen LogP contribution in [0, 0.1) is 0 Å². The molecular weight excluding hydrogens is 430 g/mol. The Kier molecular flexibility index (Phi) is 5.99. The smallest absolute Gasteiger partial charge is 0.300 e. The maximum absolute atomic E-state index is 9.00. The normalized spacial score (nSPS) is 15.6. The Balaban J connectivity index is 0.000000560. The highest BCUT2D eigenvalue weighted by Crippen LogP contribution is 2.26. The molecule has 0 saturated heterocycles. The molecule has 0 saturated carbocycles. The van der Waals surface area contributed by atoms with Crippen LogP contribution in [0.2, 0.25) is 0 Å². The topological polar surface area (TPSA) is 119 Å². The molecule has 174 valence electrons. The first-order chi connectivity index (χ1) is 16.6. The van der Waals surface area contributed by atoms with Gasteiger partial charge in [0.2, 0.25) is 0 Å². The minimum absolute atomic E-state index is 0.833. The number of carboxylic acid groups (broad SMARTS) is 1. The van der Waals surface area contributed by atoms with Gasteiger partial charge in [-0.25, -0.2) is 4.98 Å². The Bertz CT molecular complexity index is 1390. The second kappa shape index (κ2) is 9.38. The molecule has 0 radical (unpaired) electrons. The number of hydrogen-bond donors (Lipinski definition) is 4. The van der Waals surface area contributed by atoms with Crippen LogP contribution in [0.3, 0.4) is 0 Å². The van der Waals surface area contributed by atoms with E-state index < -0.39 is 5.97 Å². The Labute approximate surface area is 196 Å². The molecule has 34 heavy (non-hydrogen) atoms. The number of aliphatic carboxylic acids is 1. The quantitative estimate of drug-likeness (QED) is 0.377. The number of fused-ring (bicyclic) bond motifs is 2. The van der Waals surface area contributed by atoms with E-state index in [1.54, 1.807) is 0 Å². The van der Waals surface area contributed by atoms with E-state index in [0.717, 1.165) is 91.3 Å². The van der Waals surface area contributed by atoms with E-state index in [4.69, 9.17) is 14.9 Å². The molecule has 1 aromatic carbocycles. The molecule has 2 aliphatic heterocycles. The molecule has 9 heteroatoms. The standard InChI is InChI=1S/C23H23N7.C2H4O2/c1-6-24-22(25-7-1)17-4-3-15-11-18(28-19(15)12-17)16-5-10-30-14-20(29-21(30)13-16)23-26-8-2-9-27-23;1-2(3)4/h3-5,10-14,28H,1-2,6-9H2,(H,24,25)(H,26,27);1H3,(H,3,4). The average molecular weight is 458 g/mol. The highest BCUT2D eigenvalue weighted by molar-refractivity contribution is 6.02. The van der Waals surface area contributed by atoms with Crippen LogP contribution in [0.5, 0.6) is 0 Å². The summed E-state index contributed by atoms with van der Waals surface area (Å²) in [6, 6.07) is 12.9. The van der Waals surface area contributed by atoms with E-state index in [1.165, 1.54) is 5.39 Å². The Morgan fingerprint density at radius 3 is 2.41 bits per heavy atom. The van der Waals surface area contributed by atoms with Crippen molar-refractivity contribution < 1.29 is 9.90 Å². The molecule has 5 heterocycles. The third-order valence-corrected chi connectivity index (χ3v) is 5.70. The van der Waals surface area contributed by atoms with Crippen molar-refractivity contribution in [1.82, 2.24) is 25.0 Å². The summed E-state index contributed by atoms with van der Waals surface area (Å²) in [5, 5.41) is 15.4. The fourth-order valence-electron chi connectivity index (χ4n) is 4.12. The molecule has 3 aromatic heterocycles. The lowest BCUT2D eigenvalue weighted by Gasteiger charge is -2.14. The summed E-state index contributed by atoms with van der Waals surface area (Å²) in [5.41, 5.74) is 6.25. The SMILES string of the molecule is CC(=O)O.c1cc2cc(-c3ccn4cc(C5=NCCCN5)nc4c3)[nH]c2cc1C1=NCCCN1. The lowest BCUT2D eigenvalue weighted by Crippen LogP contribution is -2.30. The second-order valence-corrected chi connectivity index (χ2v) is 8.33. The maximum atomic E-state index is 9.00. The highest BCUT2D eigenvalue weighted by atomic mass is 16.4. The summed E-state index contributed by atoms with van der Waals surface area (Å²) in [6.07, 6.45) is 6.26. The third kappa shape index (κ3) is 4.63. The first-order valence-corrected chi connectivity index (χ1v) is 11.5. The molecule has 0 aliphatic carbocycles. The molecule has 0 bridgehead atoms. The van der Waals surface area contributed by atoms with Gasteiger partial charge in [0, 0.05) is 73.2 Å². The number of benzene rings is 1. The molecule has 9 nitrogen and oxygen atoms in total. The molecule has 4 N–H and O–H groups in total. The van der Waals surface area contributed by atoms with Crippen LogP contribution in [0.4, 0.5) is 0 Å². The summed E-state index contributed by atoms with van der Waals surface area (Å²) in [4.78, 5) is 26.5. The van der Waals surface area contributed by atoms with Crippen molar-refractivity contribution in [3.63, 3.8) is 0 Å². The van der Waals surface area contributed by atoms with Gasteiger partial charge in [0.05, 0.1) is 0 Å². The fraction of sp³-hybridized carbons (Fsp3) is 0.280. The van der Waals surface area contributed by atoms with Gasteiger partial charge in [0.15, 0.2) is 0 Å². The lowest BCUT2D eigenvalue weighted by molar-refractivity contribution is -0.134. The van der Waals surface area contributed by atoms with Crippen molar-refractivity contribution in [2.45, 2.75) is 19.8 Å². The van der Waals surface area contributed by atoms with Crippen LogP contribution in [0.25, 0.3) is 27.8 Å². The van der Waals surface area contributed by atoms with Crippen LogP contribution in [-0.4, -0.2) is 63.3 Å². The molecule has 2 aliphatic rings. The van der Waals surface area contributed by atoms with Gasteiger partial charge in [-0.05, 0) is 37.1 Å². The van der Waals surface area contributed by atoms with Gasteiger partial charge in [-0.3, -0.25) is 14.8 Å². The number of aromatic amines is 1. The third-order valence-electron chi connectivity index (χ3n) is 5.70. The highest BCUT2D eigenvalue weighted by Gasteiger charge is 2.13. The van der Waals surface area contributed by atoms with Crippen molar-refractivity contribution in [3.05, 3.63) is 60.0 Å². The number of carboxylic acids is 1. The zero-order chi connectivity index (χ0) is 23.5. The van der Waals surface area contributed by atoms with E-state index in [1.807, 2.05) is 10.6 Å². The van der Waals surface area contributed by atoms with E-state index in [0.29, 0.717) is 0 Å². The number of imidazole rings is 1. The van der Waals surface area contributed by atoms with Crippen LogP contribution >= 0.6 is 0 Å². The number of H-pyrrole nitrogens is 1. The van der Waals surface area contributed by atoms with Crippen LogP contribution < -0.4 is 10.6 Å². The summed E-state index contributed by atoms with van der Waals surface area (Å²) < 4.78 is 2.05. The summed E-state index contributed by atoms with van der Waals surface area (Å²) in [7, 11) is 0. The Morgan fingerprint density at radius 1 is 0.971 bits per heavy atom. The molecule has 0 fully saturated rings. The number of amidine groups is 2. The predicted molar refractivity (Wildman–Crippen MR) is 134 cm³/mol. The van der Waals surface area contributed by atoms with Crippen molar-refractivity contribution >= 4 is 34.2 Å². The monoisotopic (exact) mass is 457 g/mol. The van der Waals surface area contributed by atoms with E-state index >= 15 is 0 Å². The minimum Gasteiger partial charge on any atom is -0.481 e. The second-order valence-electron chi connectivity index (χ2n) is 8.33. The zero-order valence-corrected chi connectivity index (χ0v) is 19.0. The maximum Gasteiger partial charge on any atom is 0.300 e. The minimum atomic E-state index is -0.833. The number of nitrogens with one attached hydrogen (secondary N) is 3. The molecule has 4 aromatic rings. The van der Waals surface area contributed by atoms with Crippen molar-refractivity contribution in [2.75, 3.05) is 26.2 Å². The van der Waals surface area contributed by atoms with Gasteiger partial charge in [-0.2, -0.15) is 0 Å². The molecule has 0 unspecified atom stereocenters. The number of aromatic nitrogens is 3. The number of nitrogens with zero attached hydrogens (tertiary/aromatic N) is 4. The number of rotatable bonds is 3. The van der Waals surface area contributed by atoms with Crippen LogP contribution in [-0.2, 0) is 4.79 Å². The molecule has 0 atom stereocenters. The zero-order valence-electron chi connectivity index (χ0n) is 19.0. The summed E-state index contributed by atoms with van der Waals surface area (Å²) >= 11 is 0. The van der Waals surface area contributed by atoms with E-state index in [2.05, 4.69) is 68.2 Å². The number of carbonyl (C=O) groups is 1. The Hall–Kier alpha value is -4.14.